The predicted octanol–water partition coefficient (Wildman–Crippen LogP) is 4.17. The summed E-state index contributed by atoms with van der Waals surface area (Å²) in [6.45, 7) is -0.110. The quantitative estimate of drug-likeness (QED) is 0.590. The maximum Gasteiger partial charge on any atom is 0.254 e. The maximum absolute atomic E-state index is 13.4. The Bertz CT molecular complexity index is 1160. The summed E-state index contributed by atoms with van der Waals surface area (Å²) in [5.74, 6) is -0.496. The summed E-state index contributed by atoms with van der Waals surface area (Å²) in [4.78, 5) is 25.0. The lowest BCUT2D eigenvalue weighted by Crippen LogP contribution is -2.75. The number of carbonyl (C=O) groups is 2. The molecule has 3 aliphatic rings. The Labute approximate surface area is 180 Å². The summed E-state index contributed by atoms with van der Waals surface area (Å²) in [6, 6.07) is 9.47. The van der Waals surface area contributed by atoms with Gasteiger partial charge in [-0.2, -0.15) is 8.75 Å². The number of aromatic nitrogens is 2. The van der Waals surface area contributed by atoms with Crippen molar-refractivity contribution in [1.29, 1.82) is 0 Å². The molecule has 0 atom stereocenters. The van der Waals surface area contributed by atoms with Crippen molar-refractivity contribution in [1.82, 2.24) is 14.1 Å². The van der Waals surface area contributed by atoms with E-state index in [-0.39, 0.29) is 40.0 Å². The second-order valence-corrected chi connectivity index (χ2v) is 9.22. The van der Waals surface area contributed by atoms with Crippen molar-refractivity contribution >= 4 is 46.1 Å². The highest BCUT2D eigenvalue weighted by Crippen LogP contribution is 2.69. The number of hydrogen-bond acceptors (Lipinski definition) is 6. The van der Waals surface area contributed by atoms with Crippen LogP contribution in [0.4, 0.5) is 4.39 Å². The van der Waals surface area contributed by atoms with Crippen molar-refractivity contribution < 1.29 is 18.7 Å². The lowest BCUT2D eigenvalue weighted by Gasteiger charge is -2.70. The molecule has 3 aromatic rings. The van der Waals surface area contributed by atoms with Gasteiger partial charge in [0.15, 0.2) is 5.78 Å². The molecular weight excluding hydrogens is 429 g/mol. The molecule has 1 heterocycles. The van der Waals surface area contributed by atoms with Crippen LogP contribution < -0.4 is 10.1 Å². The van der Waals surface area contributed by atoms with E-state index in [1.54, 1.807) is 12.1 Å². The first-order valence-corrected chi connectivity index (χ1v) is 10.6. The highest BCUT2D eigenvalue weighted by Gasteiger charge is 2.68. The molecule has 0 aliphatic heterocycles. The Morgan fingerprint density at radius 2 is 2.00 bits per heavy atom. The third kappa shape index (κ3) is 3.33. The number of fused-ring (bicyclic) bond motifs is 1. The minimum atomic E-state index is -0.581. The van der Waals surface area contributed by atoms with Gasteiger partial charge in [0.05, 0.1) is 22.3 Å². The average Bonchev–Trinajstić information content (AvgIpc) is 3.15. The molecule has 1 aromatic heterocycles. The van der Waals surface area contributed by atoms with Crippen molar-refractivity contribution in [3.8, 4) is 5.75 Å². The Morgan fingerprint density at radius 1 is 1.20 bits per heavy atom. The van der Waals surface area contributed by atoms with Crippen LogP contribution in [-0.2, 0) is 4.79 Å². The predicted molar refractivity (Wildman–Crippen MR) is 110 cm³/mol. The van der Waals surface area contributed by atoms with Crippen molar-refractivity contribution in [2.24, 2.45) is 5.41 Å². The number of amides is 1. The number of ketones is 1. The van der Waals surface area contributed by atoms with Gasteiger partial charge in [-0.05, 0) is 48.9 Å². The molecule has 1 N–H and O–H groups in total. The van der Waals surface area contributed by atoms with Gasteiger partial charge in [-0.25, -0.2) is 4.39 Å². The first-order valence-electron chi connectivity index (χ1n) is 9.51. The number of nitrogens with one attached hydrogen (secondary N) is 1. The normalized spacial score (nSPS) is 24.1. The molecule has 154 valence electrons. The zero-order chi connectivity index (χ0) is 20.9. The summed E-state index contributed by atoms with van der Waals surface area (Å²) in [7, 11) is 0. The topological polar surface area (TPSA) is 81.2 Å². The fraction of sp³-hybridized carbons (Fsp3) is 0.333. The highest BCUT2D eigenvalue weighted by molar-refractivity contribution is 7.00. The van der Waals surface area contributed by atoms with Crippen LogP contribution in [0.25, 0.3) is 11.0 Å². The summed E-state index contributed by atoms with van der Waals surface area (Å²) in [6.07, 6.45) is 2.72. The number of carbonyl (C=O) groups excluding carboxylic acids is 2. The molecule has 9 heteroatoms. The second kappa shape index (κ2) is 6.99. The van der Waals surface area contributed by atoms with Crippen LogP contribution in [0, 0.1) is 11.2 Å². The largest absolute Gasteiger partial charge is 0.486 e. The smallest absolute Gasteiger partial charge is 0.254 e. The fourth-order valence-electron chi connectivity index (χ4n) is 4.82. The van der Waals surface area contributed by atoms with Gasteiger partial charge in [-0.3, -0.25) is 9.59 Å². The van der Waals surface area contributed by atoms with E-state index in [2.05, 4.69) is 14.1 Å². The zero-order valence-electron chi connectivity index (χ0n) is 15.8. The lowest BCUT2D eigenvalue weighted by atomic mass is 9.38. The maximum atomic E-state index is 13.4. The van der Waals surface area contributed by atoms with Gasteiger partial charge < -0.3 is 10.1 Å². The second-order valence-electron chi connectivity index (χ2n) is 8.28. The Morgan fingerprint density at radius 3 is 2.77 bits per heavy atom. The van der Waals surface area contributed by atoms with Gasteiger partial charge in [0.25, 0.3) is 5.91 Å². The van der Waals surface area contributed by atoms with E-state index in [9.17, 15) is 14.0 Å². The molecule has 2 bridgehead atoms. The first-order chi connectivity index (χ1) is 14.4. The van der Waals surface area contributed by atoms with E-state index in [0.717, 1.165) is 31.0 Å². The summed E-state index contributed by atoms with van der Waals surface area (Å²) >= 11 is 6.73. The fourth-order valence-corrected chi connectivity index (χ4v) is 5.48. The number of ether oxygens (including phenoxy) is 1. The van der Waals surface area contributed by atoms with Crippen LogP contribution in [0.2, 0.25) is 5.02 Å². The molecule has 0 spiro atoms. The Hall–Kier alpha value is -2.58. The van der Waals surface area contributed by atoms with E-state index >= 15 is 0 Å². The molecule has 2 aromatic carbocycles. The zero-order valence-corrected chi connectivity index (χ0v) is 17.4. The molecule has 0 unspecified atom stereocenters. The molecular formula is C21H17ClFN3O3S. The minimum absolute atomic E-state index is 0.0113. The minimum Gasteiger partial charge on any atom is -0.486 e. The summed E-state index contributed by atoms with van der Waals surface area (Å²) in [5, 5.41) is 3.14. The molecule has 3 saturated carbocycles. The van der Waals surface area contributed by atoms with Gasteiger partial charge in [0, 0.05) is 18.0 Å². The monoisotopic (exact) mass is 445 g/mol. The van der Waals surface area contributed by atoms with Gasteiger partial charge in [0.1, 0.15) is 29.2 Å². The molecule has 0 radical (unpaired) electrons. The molecule has 6 nitrogen and oxygen atoms in total. The molecule has 6 rings (SSSR count). The number of halogens is 2. The van der Waals surface area contributed by atoms with E-state index in [0.29, 0.717) is 23.0 Å². The van der Waals surface area contributed by atoms with Crippen molar-refractivity contribution in [2.45, 2.75) is 31.2 Å². The van der Waals surface area contributed by atoms with Gasteiger partial charge in [-0.1, -0.05) is 17.7 Å². The van der Waals surface area contributed by atoms with Gasteiger partial charge >= 0.3 is 0 Å². The van der Waals surface area contributed by atoms with Crippen LogP contribution in [-0.4, -0.2) is 32.6 Å². The standard InChI is InChI=1S/C21H17ClFN3O3S/c22-15-5-4-13(6-16(15)23)29-8-12(27)7-20-9-21(10-20,11-20)24-19(28)14-2-1-3-17-18(14)26-30-25-17/h1-6H,7-11H2,(H,24,28). The molecule has 1 amide bonds. The van der Waals surface area contributed by atoms with E-state index in [1.807, 2.05) is 6.07 Å². The molecule has 0 saturated heterocycles. The number of nitrogens with zero attached hydrogens (tertiary/aromatic N) is 2. The number of Topliss-reactive ketones (excluding diaryl/α,β-unsaturated/α-hetero) is 1. The van der Waals surface area contributed by atoms with Gasteiger partial charge in [0.2, 0.25) is 0 Å². The molecule has 30 heavy (non-hydrogen) atoms. The SMILES string of the molecule is O=C(COc1ccc(Cl)c(F)c1)CC12CC(NC(=O)c3cccc4nsnc34)(C1)C2. The van der Waals surface area contributed by atoms with E-state index < -0.39 is 5.82 Å². The van der Waals surface area contributed by atoms with Gasteiger partial charge in [-0.15, -0.1) is 0 Å². The first kappa shape index (κ1) is 19.4. The van der Waals surface area contributed by atoms with Crippen molar-refractivity contribution in [3.05, 3.63) is 52.8 Å². The van der Waals surface area contributed by atoms with Crippen LogP contribution in [0.5, 0.6) is 5.75 Å². The molecule has 3 aliphatic carbocycles. The third-order valence-corrected chi connectivity index (χ3v) is 6.76. The van der Waals surface area contributed by atoms with Crippen molar-refractivity contribution in [3.63, 3.8) is 0 Å². The number of benzene rings is 2. The van der Waals surface area contributed by atoms with Crippen LogP contribution in [0.1, 0.15) is 36.0 Å². The van der Waals surface area contributed by atoms with Crippen molar-refractivity contribution in [2.75, 3.05) is 6.61 Å². The number of hydrogen-bond donors (Lipinski definition) is 1. The Balaban J connectivity index is 1.13. The van der Waals surface area contributed by atoms with Crippen LogP contribution >= 0.6 is 23.3 Å². The van der Waals surface area contributed by atoms with Crippen LogP contribution in [0.15, 0.2) is 36.4 Å². The molecule has 3 fully saturated rings. The van der Waals surface area contributed by atoms with Crippen LogP contribution in [0.3, 0.4) is 0 Å². The Kier molecular flexibility index (Phi) is 4.52. The van der Waals surface area contributed by atoms with E-state index in [1.165, 1.54) is 18.2 Å². The van der Waals surface area contributed by atoms with E-state index in [4.69, 9.17) is 16.3 Å². The summed E-state index contributed by atoms with van der Waals surface area (Å²) in [5.41, 5.74) is 1.57. The lowest BCUT2D eigenvalue weighted by molar-refractivity contribution is -0.162. The summed E-state index contributed by atoms with van der Waals surface area (Å²) < 4.78 is 27.2. The third-order valence-electron chi connectivity index (χ3n) is 5.91. The number of rotatable bonds is 7. The highest BCUT2D eigenvalue weighted by atomic mass is 35.5. The average molecular weight is 446 g/mol.